The highest BCUT2D eigenvalue weighted by Crippen LogP contribution is 2.30. The SMILES string of the molecule is CNC1=CC=CCC1C(=N)C1C=CC(C2=CCCC=C2)=CC1. The third-order valence-corrected chi connectivity index (χ3v) is 4.65. The molecule has 0 aromatic carbocycles. The average molecular weight is 292 g/mol. The van der Waals surface area contributed by atoms with Crippen molar-refractivity contribution in [1.82, 2.24) is 5.32 Å². The van der Waals surface area contributed by atoms with Gasteiger partial charge in [0.1, 0.15) is 0 Å². The Morgan fingerprint density at radius 3 is 2.64 bits per heavy atom. The van der Waals surface area contributed by atoms with Gasteiger partial charge >= 0.3 is 0 Å². The van der Waals surface area contributed by atoms with Crippen molar-refractivity contribution in [3.63, 3.8) is 0 Å². The third kappa shape index (κ3) is 3.06. The molecule has 2 unspecified atom stereocenters. The fourth-order valence-corrected chi connectivity index (χ4v) is 3.33. The van der Waals surface area contributed by atoms with Crippen molar-refractivity contribution in [1.29, 1.82) is 5.41 Å². The van der Waals surface area contributed by atoms with Crippen molar-refractivity contribution in [2.45, 2.75) is 25.7 Å². The summed E-state index contributed by atoms with van der Waals surface area (Å²) >= 11 is 0. The summed E-state index contributed by atoms with van der Waals surface area (Å²) in [6, 6.07) is 0. The lowest BCUT2D eigenvalue weighted by atomic mass is 9.80. The molecule has 2 N–H and O–H groups in total. The Kier molecular flexibility index (Phi) is 4.57. The lowest BCUT2D eigenvalue weighted by molar-refractivity contribution is 0.681. The molecule has 2 nitrogen and oxygen atoms in total. The van der Waals surface area contributed by atoms with Gasteiger partial charge in [0, 0.05) is 30.3 Å². The van der Waals surface area contributed by atoms with Crippen LogP contribution in [0.3, 0.4) is 0 Å². The van der Waals surface area contributed by atoms with E-state index < -0.39 is 0 Å². The zero-order valence-electron chi connectivity index (χ0n) is 13.2. The molecule has 0 aromatic rings. The van der Waals surface area contributed by atoms with Crippen molar-refractivity contribution in [2.24, 2.45) is 11.8 Å². The summed E-state index contributed by atoms with van der Waals surface area (Å²) in [5, 5.41) is 11.8. The Labute approximate surface area is 133 Å². The van der Waals surface area contributed by atoms with E-state index in [1.807, 2.05) is 7.05 Å². The van der Waals surface area contributed by atoms with Crippen LogP contribution in [0.2, 0.25) is 0 Å². The largest absolute Gasteiger partial charge is 0.391 e. The lowest BCUT2D eigenvalue weighted by Gasteiger charge is -2.27. The Hall–Kier alpha value is -2.09. The molecule has 0 saturated heterocycles. The molecule has 0 fully saturated rings. The molecular formula is C20H24N2. The zero-order valence-corrected chi connectivity index (χ0v) is 13.2. The molecule has 0 aromatic heterocycles. The summed E-state index contributed by atoms with van der Waals surface area (Å²) < 4.78 is 0. The van der Waals surface area contributed by atoms with Crippen molar-refractivity contribution >= 4 is 5.71 Å². The number of allylic oxidation sites excluding steroid dienone is 12. The van der Waals surface area contributed by atoms with Crippen LogP contribution in [0, 0.1) is 17.2 Å². The summed E-state index contributed by atoms with van der Waals surface area (Å²) in [6.07, 6.45) is 24.0. The molecule has 3 rings (SSSR count). The van der Waals surface area contributed by atoms with Gasteiger partial charge in [-0.1, -0.05) is 48.6 Å². The van der Waals surface area contributed by atoms with Gasteiger partial charge in [-0.2, -0.15) is 0 Å². The van der Waals surface area contributed by atoms with Crippen LogP contribution < -0.4 is 5.32 Å². The van der Waals surface area contributed by atoms with Gasteiger partial charge in [-0.05, 0) is 42.9 Å². The predicted molar refractivity (Wildman–Crippen MR) is 93.9 cm³/mol. The van der Waals surface area contributed by atoms with Crippen LogP contribution in [0.25, 0.3) is 0 Å². The highest BCUT2D eigenvalue weighted by Gasteiger charge is 2.25. The number of rotatable bonds is 4. The molecular weight excluding hydrogens is 268 g/mol. The molecule has 2 atom stereocenters. The molecule has 114 valence electrons. The maximum absolute atomic E-state index is 8.60. The Morgan fingerprint density at radius 1 is 1.09 bits per heavy atom. The fourth-order valence-electron chi connectivity index (χ4n) is 3.33. The maximum Gasteiger partial charge on any atom is 0.0405 e. The fraction of sp³-hybridized carbons (Fsp3) is 0.350. The van der Waals surface area contributed by atoms with E-state index in [1.54, 1.807) is 0 Å². The second-order valence-corrected chi connectivity index (χ2v) is 6.04. The molecule has 22 heavy (non-hydrogen) atoms. The number of hydrogen-bond donors (Lipinski definition) is 2. The van der Waals surface area contributed by atoms with E-state index in [0.29, 0.717) is 0 Å². The van der Waals surface area contributed by atoms with Crippen LogP contribution in [0.15, 0.2) is 71.5 Å². The summed E-state index contributed by atoms with van der Waals surface area (Å²) in [4.78, 5) is 0. The van der Waals surface area contributed by atoms with Crippen LogP contribution in [-0.2, 0) is 0 Å². The molecule has 0 radical (unpaired) electrons. The molecule has 0 heterocycles. The minimum absolute atomic E-state index is 0.202. The molecule has 0 spiro atoms. The zero-order chi connectivity index (χ0) is 15.4. The molecule has 0 aliphatic heterocycles. The Morgan fingerprint density at radius 2 is 1.95 bits per heavy atom. The van der Waals surface area contributed by atoms with E-state index in [4.69, 9.17) is 5.41 Å². The molecule has 0 amide bonds. The van der Waals surface area contributed by atoms with Gasteiger partial charge in [0.25, 0.3) is 0 Å². The first kappa shape index (κ1) is 14.8. The third-order valence-electron chi connectivity index (χ3n) is 4.65. The molecule has 2 heteroatoms. The first-order valence-corrected chi connectivity index (χ1v) is 8.18. The highest BCUT2D eigenvalue weighted by atomic mass is 14.8. The van der Waals surface area contributed by atoms with E-state index in [1.165, 1.54) is 11.1 Å². The maximum atomic E-state index is 8.60. The van der Waals surface area contributed by atoms with Gasteiger partial charge in [-0.15, -0.1) is 0 Å². The first-order chi connectivity index (χ1) is 10.8. The minimum Gasteiger partial charge on any atom is -0.391 e. The van der Waals surface area contributed by atoms with E-state index in [9.17, 15) is 0 Å². The van der Waals surface area contributed by atoms with E-state index in [0.717, 1.165) is 37.1 Å². The van der Waals surface area contributed by atoms with Gasteiger partial charge in [0.05, 0.1) is 0 Å². The smallest absolute Gasteiger partial charge is 0.0405 e. The van der Waals surface area contributed by atoms with Gasteiger partial charge < -0.3 is 10.7 Å². The molecule has 3 aliphatic carbocycles. The van der Waals surface area contributed by atoms with Crippen LogP contribution in [0.4, 0.5) is 0 Å². The van der Waals surface area contributed by atoms with Crippen LogP contribution in [0.1, 0.15) is 25.7 Å². The van der Waals surface area contributed by atoms with Gasteiger partial charge in [0.2, 0.25) is 0 Å². The second-order valence-electron chi connectivity index (χ2n) is 6.04. The Balaban J connectivity index is 1.67. The van der Waals surface area contributed by atoms with Gasteiger partial charge in [0.15, 0.2) is 0 Å². The summed E-state index contributed by atoms with van der Waals surface area (Å²) in [7, 11) is 1.95. The molecule has 0 bridgehead atoms. The van der Waals surface area contributed by atoms with Crippen molar-refractivity contribution in [2.75, 3.05) is 7.05 Å². The summed E-state index contributed by atoms with van der Waals surface area (Å²) in [5.41, 5.74) is 4.63. The molecule has 0 saturated carbocycles. The lowest BCUT2D eigenvalue weighted by Crippen LogP contribution is -2.29. The second kappa shape index (κ2) is 6.78. The van der Waals surface area contributed by atoms with Crippen LogP contribution >= 0.6 is 0 Å². The molecule has 3 aliphatic rings. The van der Waals surface area contributed by atoms with Crippen molar-refractivity contribution < 1.29 is 0 Å². The summed E-state index contributed by atoms with van der Waals surface area (Å²) in [5.74, 6) is 0.429. The quantitative estimate of drug-likeness (QED) is 0.737. The average Bonchev–Trinajstić information content (AvgIpc) is 2.62. The predicted octanol–water partition coefficient (Wildman–Crippen LogP) is 4.46. The van der Waals surface area contributed by atoms with Crippen LogP contribution in [-0.4, -0.2) is 12.8 Å². The van der Waals surface area contributed by atoms with E-state index in [-0.39, 0.29) is 11.8 Å². The topological polar surface area (TPSA) is 35.9 Å². The van der Waals surface area contributed by atoms with Gasteiger partial charge in [-0.3, -0.25) is 0 Å². The normalized spacial score (nSPS) is 27.0. The van der Waals surface area contributed by atoms with E-state index in [2.05, 4.69) is 60.0 Å². The number of hydrogen-bond acceptors (Lipinski definition) is 2. The Bertz CT molecular complexity index is 626. The standard InChI is InChI=1S/C20H24N2/c1-22-19-10-6-5-9-18(19)20(21)17-13-11-16(12-14-17)15-7-3-2-4-8-15/h3,5-8,10-13,17-18,21-22H,2,4,9,14H2,1H3. The van der Waals surface area contributed by atoms with Crippen LogP contribution in [0.5, 0.6) is 0 Å². The van der Waals surface area contributed by atoms with Crippen molar-refractivity contribution in [3.8, 4) is 0 Å². The monoisotopic (exact) mass is 292 g/mol. The van der Waals surface area contributed by atoms with Crippen molar-refractivity contribution in [3.05, 3.63) is 71.5 Å². The summed E-state index contributed by atoms with van der Waals surface area (Å²) in [6.45, 7) is 0. The minimum atomic E-state index is 0.202. The van der Waals surface area contributed by atoms with Gasteiger partial charge in [-0.25, -0.2) is 0 Å². The first-order valence-electron chi connectivity index (χ1n) is 8.18. The highest BCUT2D eigenvalue weighted by molar-refractivity contribution is 5.90. The number of nitrogens with one attached hydrogen (secondary N) is 2. The van der Waals surface area contributed by atoms with E-state index >= 15 is 0 Å².